The summed E-state index contributed by atoms with van der Waals surface area (Å²) in [4.78, 5) is 41.2. The predicted octanol–water partition coefficient (Wildman–Crippen LogP) is 3.31. The van der Waals surface area contributed by atoms with Crippen LogP contribution in [0, 0.1) is 3.57 Å². The number of amides is 3. The first-order valence-electron chi connectivity index (χ1n) is 7.60. The molecule has 1 fully saturated rings. The van der Waals surface area contributed by atoms with E-state index in [0.717, 1.165) is 3.57 Å². The molecule has 1 aliphatic rings. The van der Waals surface area contributed by atoms with Crippen LogP contribution in [0.15, 0.2) is 54.4 Å². The Morgan fingerprint density at radius 1 is 1.32 bits per heavy atom. The van der Waals surface area contributed by atoms with Crippen LogP contribution in [-0.2, 0) is 9.59 Å². The smallest absolute Gasteiger partial charge is 0.264 e. The quantitative estimate of drug-likeness (QED) is 0.386. The molecule has 1 saturated heterocycles. The largest absolute Gasteiger partial charge is 0.322 e. The zero-order valence-electron chi connectivity index (χ0n) is 13.2. The Labute approximate surface area is 163 Å². The van der Waals surface area contributed by atoms with Crippen LogP contribution < -0.4 is 4.90 Å². The van der Waals surface area contributed by atoms with Crippen molar-refractivity contribution in [1.82, 2.24) is 4.90 Å². The molecule has 2 heterocycles. The third-order valence-corrected chi connectivity index (χ3v) is 5.48. The molecule has 7 heteroatoms. The normalized spacial score (nSPS) is 17.0. The first-order valence-corrected chi connectivity index (χ1v) is 9.56. The summed E-state index contributed by atoms with van der Waals surface area (Å²) in [5.74, 6) is -0.937. The molecule has 1 aromatic carbocycles. The first-order chi connectivity index (χ1) is 12.0. The number of hydrogen-bond donors (Lipinski definition) is 0. The van der Waals surface area contributed by atoms with Gasteiger partial charge in [-0.15, -0.1) is 17.9 Å². The SMILES string of the molecule is C=CCN(C(=O)c1cccs1)C1CC(=O)N(c2ccc(I)cc2)C1=O. The molecule has 5 nitrogen and oxygen atoms in total. The highest BCUT2D eigenvalue weighted by atomic mass is 127. The van der Waals surface area contributed by atoms with Gasteiger partial charge in [0.05, 0.1) is 17.0 Å². The molecular weight excluding hydrogens is 451 g/mol. The average molecular weight is 466 g/mol. The van der Waals surface area contributed by atoms with E-state index in [1.165, 1.54) is 21.1 Å². The van der Waals surface area contributed by atoms with Crippen molar-refractivity contribution in [3.05, 3.63) is 62.9 Å². The van der Waals surface area contributed by atoms with E-state index in [1.807, 2.05) is 12.1 Å². The molecule has 0 aliphatic carbocycles. The standard InChI is InChI=1S/C18H15IN2O3S/c1-2-9-20(18(24)15-4-3-10-25-15)14-11-16(22)21(17(14)23)13-7-5-12(19)6-8-13/h2-8,10,14H,1,9,11H2. The first kappa shape index (κ1) is 17.8. The molecule has 1 aliphatic heterocycles. The fraction of sp³-hybridized carbons (Fsp3) is 0.167. The van der Waals surface area contributed by atoms with Crippen molar-refractivity contribution in [2.75, 3.05) is 11.4 Å². The minimum absolute atomic E-state index is 0.0181. The van der Waals surface area contributed by atoms with Gasteiger partial charge in [0.15, 0.2) is 0 Å². The van der Waals surface area contributed by atoms with Crippen molar-refractivity contribution in [2.45, 2.75) is 12.5 Å². The lowest BCUT2D eigenvalue weighted by molar-refractivity contribution is -0.122. The van der Waals surface area contributed by atoms with Crippen LogP contribution in [0.5, 0.6) is 0 Å². The van der Waals surface area contributed by atoms with Crippen LogP contribution in [-0.4, -0.2) is 35.2 Å². The summed E-state index contributed by atoms with van der Waals surface area (Å²) in [6.45, 7) is 3.87. The number of rotatable bonds is 5. The number of hydrogen-bond acceptors (Lipinski definition) is 4. The molecule has 0 radical (unpaired) electrons. The molecule has 3 rings (SSSR count). The zero-order chi connectivity index (χ0) is 18.0. The monoisotopic (exact) mass is 466 g/mol. The van der Waals surface area contributed by atoms with Gasteiger partial charge in [0.2, 0.25) is 5.91 Å². The fourth-order valence-corrected chi connectivity index (χ4v) is 3.79. The molecule has 25 heavy (non-hydrogen) atoms. The molecule has 128 valence electrons. The lowest BCUT2D eigenvalue weighted by atomic mass is 10.2. The van der Waals surface area contributed by atoms with Crippen molar-refractivity contribution in [3.8, 4) is 0 Å². The summed E-state index contributed by atoms with van der Waals surface area (Å²) in [5.41, 5.74) is 0.528. The van der Waals surface area contributed by atoms with Gasteiger partial charge in [0.1, 0.15) is 6.04 Å². The van der Waals surface area contributed by atoms with Crippen molar-refractivity contribution in [1.29, 1.82) is 0 Å². The number of thiophene rings is 1. The highest BCUT2D eigenvalue weighted by Gasteiger charge is 2.44. The molecule has 1 unspecified atom stereocenters. The predicted molar refractivity (Wildman–Crippen MR) is 106 cm³/mol. The van der Waals surface area contributed by atoms with Crippen LogP contribution in [0.4, 0.5) is 5.69 Å². The maximum Gasteiger partial charge on any atom is 0.264 e. The number of nitrogens with zero attached hydrogens (tertiary/aromatic N) is 2. The number of carbonyl (C=O) groups excluding carboxylic acids is 3. The van der Waals surface area contributed by atoms with Crippen LogP contribution in [0.25, 0.3) is 0 Å². The minimum atomic E-state index is -0.806. The Kier molecular flexibility index (Phi) is 5.33. The molecule has 0 N–H and O–H groups in total. The Hall–Kier alpha value is -2.00. The van der Waals surface area contributed by atoms with E-state index in [2.05, 4.69) is 29.2 Å². The number of carbonyl (C=O) groups is 3. The Balaban J connectivity index is 1.89. The molecule has 3 amide bonds. The van der Waals surface area contributed by atoms with Gasteiger partial charge in [0, 0.05) is 10.1 Å². The fourth-order valence-electron chi connectivity index (χ4n) is 2.75. The summed E-state index contributed by atoms with van der Waals surface area (Å²) in [6.07, 6.45) is 1.55. The Morgan fingerprint density at radius 3 is 2.64 bits per heavy atom. The van der Waals surface area contributed by atoms with E-state index >= 15 is 0 Å². The van der Waals surface area contributed by atoms with Gasteiger partial charge in [-0.3, -0.25) is 14.4 Å². The lowest BCUT2D eigenvalue weighted by Crippen LogP contribution is -2.45. The third-order valence-electron chi connectivity index (χ3n) is 3.90. The summed E-state index contributed by atoms with van der Waals surface area (Å²) in [5, 5.41) is 1.80. The summed E-state index contributed by atoms with van der Waals surface area (Å²) in [7, 11) is 0. The second-order valence-electron chi connectivity index (χ2n) is 5.49. The minimum Gasteiger partial charge on any atom is -0.322 e. The summed E-state index contributed by atoms with van der Waals surface area (Å²) >= 11 is 3.47. The maximum atomic E-state index is 12.9. The summed E-state index contributed by atoms with van der Waals surface area (Å²) in [6, 6.07) is 9.83. The zero-order valence-corrected chi connectivity index (χ0v) is 16.2. The van der Waals surface area contributed by atoms with E-state index in [0.29, 0.717) is 10.6 Å². The molecule has 1 atom stereocenters. The maximum absolute atomic E-state index is 12.9. The molecule has 0 bridgehead atoms. The van der Waals surface area contributed by atoms with Crippen LogP contribution in [0.1, 0.15) is 16.1 Å². The molecule has 2 aromatic rings. The Morgan fingerprint density at radius 2 is 2.04 bits per heavy atom. The molecule has 1 aromatic heterocycles. The lowest BCUT2D eigenvalue weighted by Gasteiger charge is -2.26. The van der Waals surface area contributed by atoms with Crippen molar-refractivity contribution in [2.24, 2.45) is 0 Å². The third kappa shape index (κ3) is 3.52. The Bertz CT molecular complexity index is 817. The van der Waals surface area contributed by atoms with Gasteiger partial charge in [-0.1, -0.05) is 12.1 Å². The number of anilines is 1. The van der Waals surface area contributed by atoms with E-state index in [9.17, 15) is 14.4 Å². The van der Waals surface area contributed by atoms with Crippen molar-refractivity contribution in [3.63, 3.8) is 0 Å². The van der Waals surface area contributed by atoms with Crippen LogP contribution in [0.3, 0.4) is 0 Å². The highest BCUT2D eigenvalue weighted by molar-refractivity contribution is 14.1. The molecular formula is C18H15IN2O3S. The van der Waals surface area contributed by atoms with Crippen LogP contribution >= 0.6 is 33.9 Å². The second-order valence-corrected chi connectivity index (χ2v) is 7.68. The van der Waals surface area contributed by atoms with Gasteiger partial charge in [-0.05, 0) is 58.3 Å². The average Bonchev–Trinajstić information content (AvgIpc) is 3.22. The van der Waals surface area contributed by atoms with Gasteiger partial charge < -0.3 is 4.90 Å². The van der Waals surface area contributed by atoms with Gasteiger partial charge in [0.25, 0.3) is 11.8 Å². The molecule has 0 saturated carbocycles. The highest BCUT2D eigenvalue weighted by Crippen LogP contribution is 2.27. The number of benzene rings is 1. The topological polar surface area (TPSA) is 57.7 Å². The van der Waals surface area contributed by atoms with E-state index < -0.39 is 6.04 Å². The van der Waals surface area contributed by atoms with E-state index in [1.54, 1.807) is 35.7 Å². The van der Waals surface area contributed by atoms with Gasteiger partial charge in [-0.2, -0.15) is 0 Å². The second kappa shape index (κ2) is 7.49. The number of imide groups is 1. The van der Waals surface area contributed by atoms with Gasteiger partial charge in [-0.25, -0.2) is 4.90 Å². The molecule has 0 spiro atoms. The number of halogens is 1. The van der Waals surface area contributed by atoms with E-state index in [-0.39, 0.29) is 30.7 Å². The van der Waals surface area contributed by atoms with Crippen molar-refractivity contribution >= 4 is 57.3 Å². The summed E-state index contributed by atoms with van der Waals surface area (Å²) < 4.78 is 1.01. The van der Waals surface area contributed by atoms with Gasteiger partial charge >= 0.3 is 0 Å². The van der Waals surface area contributed by atoms with Crippen molar-refractivity contribution < 1.29 is 14.4 Å². The van der Waals surface area contributed by atoms with Crippen LogP contribution in [0.2, 0.25) is 0 Å². The van der Waals surface area contributed by atoms with E-state index in [4.69, 9.17) is 0 Å².